The number of anilines is 1. The van der Waals surface area contributed by atoms with Crippen molar-refractivity contribution in [1.82, 2.24) is 10.3 Å². The minimum Gasteiger partial charge on any atom is -0.364 e. The van der Waals surface area contributed by atoms with Gasteiger partial charge in [-0.25, -0.2) is 0 Å². The van der Waals surface area contributed by atoms with E-state index in [-0.39, 0.29) is 0 Å². The van der Waals surface area contributed by atoms with Gasteiger partial charge in [0.25, 0.3) is 0 Å². The summed E-state index contributed by atoms with van der Waals surface area (Å²) in [5.74, 6) is 0. The monoisotopic (exact) mass is 266 g/mol. The molecule has 1 fully saturated rings. The molecule has 1 aromatic heterocycles. The second-order valence-electron chi connectivity index (χ2n) is 5.46. The van der Waals surface area contributed by atoms with Gasteiger partial charge in [-0.1, -0.05) is 18.2 Å². The number of piperazine rings is 1. The summed E-state index contributed by atoms with van der Waals surface area (Å²) in [5, 5.41) is 14.0. The molecule has 0 amide bonds. The maximum atomic E-state index is 9.43. The maximum Gasteiger partial charge on any atom is 0.103 e. The number of para-hydroxylation sites is 1. The molecule has 1 aliphatic heterocycles. The maximum absolute atomic E-state index is 9.43. The molecule has 1 N–H and O–H groups in total. The number of hydrogen-bond acceptors (Lipinski definition) is 4. The van der Waals surface area contributed by atoms with Crippen molar-refractivity contribution in [1.29, 1.82) is 5.26 Å². The van der Waals surface area contributed by atoms with E-state index in [1.165, 1.54) is 0 Å². The smallest absolute Gasteiger partial charge is 0.103 e. The van der Waals surface area contributed by atoms with Crippen molar-refractivity contribution in [3.8, 4) is 6.07 Å². The first-order valence-corrected chi connectivity index (χ1v) is 6.98. The van der Waals surface area contributed by atoms with Gasteiger partial charge in [-0.05, 0) is 19.9 Å². The summed E-state index contributed by atoms with van der Waals surface area (Å²) in [5.41, 5.74) is 2.63. The molecule has 3 rings (SSSR count). The van der Waals surface area contributed by atoms with Gasteiger partial charge in [-0.15, -0.1) is 0 Å². The zero-order valence-electron chi connectivity index (χ0n) is 11.8. The fourth-order valence-corrected chi connectivity index (χ4v) is 2.85. The fourth-order valence-electron chi connectivity index (χ4n) is 2.85. The Balaban J connectivity index is 2.20. The molecule has 4 nitrogen and oxygen atoms in total. The number of pyridine rings is 1. The molecule has 0 bridgehead atoms. The zero-order valence-corrected chi connectivity index (χ0v) is 11.8. The molecule has 2 unspecified atom stereocenters. The summed E-state index contributed by atoms with van der Waals surface area (Å²) < 4.78 is 0. The van der Waals surface area contributed by atoms with Crippen molar-refractivity contribution in [2.45, 2.75) is 25.9 Å². The molecule has 1 saturated heterocycles. The van der Waals surface area contributed by atoms with Gasteiger partial charge >= 0.3 is 0 Å². The van der Waals surface area contributed by atoms with Crippen LogP contribution >= 0.6 is 0 Å². The molecule has 102 valence electrons. The van der Waals surface area contributed by atoms with Gasteiger partial charge in [-0.2, -0.15) is 5.26 Å². The zero-order chi connectivity index (χ0) is 14.1. The van der Waals surface area contributed by atoms with Crippen molar-refractivity contribution in [3.63, 3.8) is 0 Å². The summed E-state index contributed by atoms with van der Waals surface area (Å²) in [7, 11) is 0. The van der Waals surface area contributed by atoms with Crippen molar-refractivity contribution in [2.75, 3.05) is 18.0 Å². The Kier molecular flexibility index (Phi) is 3.29. The highest BCUT2D eigenvalue weighted by Gasteiger charge is 2.26. The highest BCUT2D eigenvalue weighted by atomic mass is 15.2. The topological polar surface area (TPSA) is 52.0 Å². The molecule has 2 atom stereocenters. The van der Waals surface area contributed by atoms with Gasteiger partial charge in [0.2, 0.25) is 0 Å². The van der Waals surface area contributed by atoms with Gasteiger partial charge in [-0.3, -0.25) is 4.98 Å². The lowest BCUT2D eigenvalue weighted by atomic mass is 10.0. The number of nitriles is 1. The van der Waals surface area contributed by atoms with E-state index in [9.17, 15) is 5.26 Å². The normalized spacial score (nSPS) is 22.8. The Morgan fingerprint density at radius 2 is 2.15 bits per heavy atom. The lowest BCUT2D eigenvalue weighted by Crippen LogP contribution is -2.54. The van der Waals surface area contributed by atoms with Crippen LogP contribution in [0, 0.1) is 11.3 Å². The van der Waals surface area contributed by atoms with E-state index in [0.717, 1.165) is 29.7 Å². The summed E-state index contributed by atoms with van der Waals surface area (Å²) >= 11 is 0. The van der Waals surface area contributed by atoms with Crippen LogP contribution in [0.4, 0.5) is 5.69 Å². The second-order valence-corrected chi connectivity index (χ2v) is 5.46. The number of benzene rings is 1. The molecule has 20 heavy (non-hydrogen) atoms. The van der Waals surface area contributed by atoms with Crippen molar-refractivity contribution >= 4 is 16.6 Å². The van der Waals surface area contributed by atoms with Gasteiger partial charge in [0.1, 0.15) is 6.07 Å². The summed E-state index contributed by atoms with van der Waals surface area (Å²) in [6.45, 7) is 6.20. The number of hydrogen-bond donors (Lipinski definition) is 1. The predicted molar refractivity (Wildman–Crippen MR) is 80.7 cm³/mol. The van der Waals surface area contributed by atoms with Crippen LogP contribution in [0.15, 0.2) is 30.5 Å². The molecular formula is C16H18N4. The Bertz CT molecular complexity index is 674. The first-order valence-electron chi connectivity index (χ1n) is 6.98. The SMILES string of the molecule is CC1CN(c2c(C#N)cnc3ccccc23)C(C)CN1. The van der Waals surface area contributed by atoms with Crippen molar-refractivity contribution < 1.29 is 0 Å². The van der Waals surface area contributed by atoms with Crippen molar-refractivity contribution in [2.24, 2.45) is 0 Å². The third-order valence-corrected chi connectivity index (χ3v) is 3.92. The minimum absolute atomic E-state index is 0.365. The molecule has 0 radical (unpaired) electrons. The molecule has 0 aliphatic carbocycles. The molecule has 4 heteroatoms. The van der Waals surface area contributed by atoms with E-state index < -0.39 is 0 Å². The predicted octanol–water partition coefficient (Wildman–Crippen LogP) is 2.29. The van der Waals surface area contributed by atoms with Gasteiger partial charge in [0.05, 0.1) is 16.8 Å². The Labute approximate surface area is 119 Å². The van der Waals surface area contributed by atoms with Gasteiger partial charge < -0.3 is 10.2 Å². The Hall–Kier alpha value is -2.12. The number of rotatable bonds is 1. The average molecular weight is 266 g/mol. The van der Waals surface area contributed by atoms with E-state index >= 15 is 0 Å². The number of aromatic nitrogens is 1. The molecule has 2 aromatic rings. The minimum atomic E-state index is 0.365. The van der Waals surface area contributed by atoms with Gasteiger partial charge in [0, 0.05) is 36.8 Å². The Morgan fingerprint density at radius 3 is 2.95 bits per heavy atom. The van der Waals surface area contributed by atoms with Crippen LogP contribution in [-0.2, 0) is 0 Å². The first-order chi connectivity index (χ1) is 9.70. The second kappa shape index (κ2) is 5.10. The molecule has 0 spiro atoms. The van der Waals surface area contributed by atoms with Crippen LogP contribution in [-0.4, -0.2) is 30.2 Å². The van der Waals surface area contributed by atoms with Crippen LogP contribution in [0.5, 0.6) is 0 Å². The van der Waals surface area contributed by atoms with Crippen LogP contribution < -0.4 is 10.2 Å². The molecule has 2 heterocycles. The van der Waals surface area contributed by atoms with E-state index in [1.54, 1.807) is 6.20 Å². The van der Waals surface area contributed by atoms with Crippen LogP contribution in [0.1, 0.15) is 19.4 Å². The highest BCUT2D eigenvalue weighted by molar-refractivity contribution is 5.94. The molecule has 1 aromatic carbocycles. The molecule has 1 aliphatic rings. The van der Waals surface area contributed by atoms with E-state index in [4.69, 9.17) is 0 Å². The van der Waals surface area contributed by atoms with Crippen LogP contribution in [0.2, 0.25) is 0 Å². The lowest BCUT2D eigenvalue weighted by Gasteiger charge is -2.40. The fraction of sp³-hybridized carbons (Fsp3) is 0.375. The summed E-state index contributed by atoms with van der Waals surface area (Å²) in [4.78, 5) is 6.72. The third kappa shape index (κ3) is 2.10. The molecular weight excluding hydrogens is 248 g/mol. The van der Waals surface area contributed by atoms with Gasteiger partial charge in [0.15, 0.2) is 0 Å². The summed E-state index contributed by atoms with van der Waals surface area (Å²) in [6.07, 6.45) is 1.69. The number of fused-ring (bicyclic) bond motifs is 1. The number of nitrogens with zero attached hydrogens (tertiary/aromatic N) is 3. The first kappa shape index (κ1) is 12.9. The lowest BCUT2D eigenvalue weighted by molar-refractivity contribution is 0.425. The molecule has 0 saturated carbocycles. The average Bonchev–Trinajstić information content (AvgIpc) is 2.48. The van der Waals surface area contributed by atoms with E-state index in [1.807, 2.05) is 18.2 Å². The largest absolute Gasteiger partial charge is 0.364 e. The number of nitrogens with one attached hydrogen (secondary N) is 1. The summed E-state index contributed by atoms with van der Waals surface area (Å²) in [6, 6.07) is 11.1. The van der Waals surface area contributed by atoms with E-state index in [2.05, 4.69) is 41.2 Å². The van der Waals surface area contributed by atoms with Crippen LogP contribution in [0.25, 0.3) is 10.9 Å². The third-order valence-electron chi connectivity index (χ3n) is 3.92. The van der Waals surface area contributed by atoms with Crippen LogP contribution in [0.3, 0.4) is 0 Å². The Morgan fingerprint density at radius 1 is 1.35 bits per heavy atom. The standard InChI is InChI=1S/C16H18N4/c1-11-10-20(12(2)8-18-11)16-13(7-17)9-19-15-6-4-3-5-14(15)16/h3-6,9,11-12,18H,8,10H2,1-2H3. The van der Waals surface area contributed by atoms with Crippen molar-refractivity contribution in [3.05, 3.63) is 36.0 Å². The quantitative estimate of drug-likeness (QED) is 0.860. The highest BCUT2D eigenvalue weighted by Crippen LogP contribution is 2.31. The van der Waals surface area contributed by atoms with E-state index in [0.29, 0.717) is 17.6 Å².